The van der Waals surface area contributed by atoms with Gasteiger partial charge in [-0.15, -0.1) is 0 Å². The fraction of sp³-hybridized carbons (Fsp3) is 0.462. The first kappa shape index (κ1) is 12.8. The van der Waals surface area contributed by atoms with E-state index >= 15 is 0 Å². The third-order valence-corrected chi connectivity index (χ3v) is 3.27. The summed E-state index contributed by atoms with van der Waals surface area (Å²) < 4.78 is 13.2. The number of halogens is 1. The number of aliphatic imine (C=N–C) groups is 1. The first-order valence-electron chi connectivity index (χ1n) is 6.24. The molecule has 1 fully saturated rings. The van der Waals surface area contributed by atoms with E-state index in [4.69, 9.17) is 5.84 Å². The maximum absolute atomic E-state index is 13.2. The smallest absolute Gasteiger partial charge is 0.212 e. The van der Waals surface area contributed by atoms with Crippen LogP contribution in [-0.2, 0) is 0 Å². The zero-order chi connectivity index (χ0) is 13.0. The van der Waals surface area contributed by atoms with Crippen LogP contribution in [0.2, 0.25) is 0 Å². The molecule has 0 aromatic heterocycles. The average Bonchev–Trinajstić information content (AvgIpc) is 2.88. The zero-order valence-electron chi connectivity index (χ0n) is 10.6. The van der Waals surface area contributed by atoms with Gasteiger partial charge in [0, 0.05) is 12.7 Å². The van der Waals surface area contributed by atoms with Crippen molar-refractivity contribution in [1.82, 2.24) is 5.43 Å². The van der Waals surface area contributed by atoms with Gasteiger partial charge in [-0.05, 0) is 31.0 Å². The zero-order valence-corrected chi connectivity index (χ0v) is 10.6. The normalized spacial score (nSPS) is 16.9. The van der Waals surface area contributed by atoms with Crippen molar-refractivity contribution >= 4 is 11.6 Å². The molecule has 18 heavy (non-hydrogen) atoms. The maximum atomic E-state index is 13.2. The van der Waals surface area contributed by atoms with Gasteiger partial charge in [-0.2, -0.15) is 0 Å². The van der Waals surface area contributed by atoms with Crippen molar-refractivity contribution in [3.8, 4) is 0 Å². The number of hydrazine groups is 1. The Kier molecular flexibility index (Phi) is 4.15. The van der Waals surface area contributed by atoms with Crippen molar-refractivity contribution in [2.24, 2.45) is 10.8 Å². The molecule has 3 N–H and O–H groups in total. The van der Waals surface area contributed by atoms with E-state index in [1.54, 1.807) is 11.0 Å². The van der Waals surface area contributed by atoms with E-state index in [1.807, 2.05) is 13.1 Å². The van der Waals surface area contributed by atoms with E-state index in [9.17, 15) is 4.39 Å². The summed E-state index contributed by atoms with van der Waals surface area (Å²) >= 11 is 0. The van der Waals surface area contributed by atoms with Crippen LogP contribution in [0.25, 0.3) is 0 Å². The second-order valence-corrected chi connectivity index (χ2v) is 4.57. The highest BCUT2D eigenvalue weighted by Crippen LogP contribution is 2.22. The number of nitrogens with two attached hydrogens (primary N) is 1. The minimum Gasteiger partial charge on any atom is -0.315 e. The van der Waals surface area contributed by atoms with Gasteiger partial charge in [-0.1, -0.05) is 18.9 Å². The molecule has 0 atom stereocenters. The molecule has 0 amide bonds. The molecule has 0 heterocycles. The molecule has 0 spiro atoms. The number of benzene rings is 1. The second kappa shape index (κ2) is 5.82. The SMILES string of the molecule is CN(C(=NC1CCCC1)NN)c1cccc(F)c1. The number of rotatable bonds is 2. The standard InChI is InChI=1S/C13H19FN4/c1-18(12-8-4-5-10(14)9-12)13(17-15)16-11-6-2-3-7-11/h4-5,8-9,11H,2-3,6-7,15H2,1H3,(H,16,17). The lowest BCUT2D eigenvalue weighted by Crippen LogP contribution is -2.43. The summed E-state index contributed by atoms with van der Waals surface area (Å²) in [6.07, 6.45) is 4.63. The molecule has 1 aromatic carbocycles. The summed E-state index contributed by atoms with van der Waals surface area (Å²) in [6.45, 7) is 0. The summed E-state index contributed by atoms with van der Waals surface area (Å²) in [5.74, 6) is 5.82. The Labute approximate surface area is 107 Å². The van der Waals surface area contributed by atoms with Gasteiger partial charge in [0.15, 0.2) is 0 Å². The summed E-state index contributed by atoms with van der Waals surface area (Å²) in [5.41, 5.74) is 3.33. The Balaban J connectivity index is 2.16. The number of guanidine groups is 1. The molecule has 1 aliphatic carbocycles. The average molecular weight is 250 g/mol. The van der Waals surface area contributed by atoms with Gasteiger partial charge >= 0.3 is 0 Å². The van der Waals surface area contributed by atoms with Gasteiger partial charge in [0.2, 0.25) is 5.96 Å². The molecule has 1 aliphatic rings. The van der Waals surface area contributed by atoms with Crippen LogP contribution in [0.1, 0.15) is 25.7 Å². The van der Waals surface area contributed by atoms with Crippen LogP contribution in [0.5, 0.6) is 0 Å². The van der Waals surface area contributed by atoms with Gasteiger partial charge < -0.3 is 4.90 Å². The third kappa shape index (κ3) is 2.98. The highest BCUT2D eigenvalue weighted by atomic mass is 19.1. The van der Waals surface area contributed by atoms with Gasteiger partial charge in [0.1, 0.15) is 5.82 Å². The predicted octanol–water partition coefficient (Wildman–Crippen LogP) is 2.02. The first-order chi connectivity index (χ1) is 8.70. The molecule has 0 saturated heterocycles. The van der Waals surface area contributed by atoms with Crippen LogP contribution in [0.3, 0.4) is 0 Å². The number of hydrogen-bond acceptors (Lipinski definition) is 2. The quantitative estimate of drug-likeness (QED) is 0.365. The Morgan fingerprint density at radius 2 is 2.17 bits per heavy atom. The van der Waals surface area contributed by atoms with Gasteiger partial charge in [-0.25, -0.2) is 15.2 Å². The highest BCUT2D eigenvalue weighted by Gasteiger charge is 2.16. The van der Waals surface area contributed by atoms with Gasteiger partial charge in [0.05, 0.1) is 6.04 Å². The monoisotopic (exact) mass is 250 g/mol. The molecular formula is C13H19FN4. The molecule has 0 radical (unpaired) electrons. The molecular weight excluding hydrogens is 231 g/mol. The van der Waals surface area contributed by atoms with Crippen molar-refractivity contribution in [3.63, 3.8) is 0 Å². The van der Waals surface area contributed by atoms with E-state index in [0.29, 0.717) is 12.0 Å². The molecule has 1 aromatic rings. The van der Waals surface area contributed by atoms with E-state index in [2.05, 4.69) is 10.4 Å². The van der Waals surface area contributed by atoms with Crippen molar-refractivity contribution < 1.29 is 4.39 Å². The lowest BCUT2D eigenvalue weighted by molar-refractivity contribution is 0.628. The van der Waals surface area contributed by atoms with Gasteiger partial charge in [0.25, 0.3) is 0 Å². The van der Waals surface area contributed by atoms with E-state index in [-0.39, 0.29) is 5.82 Å². The summed E-state index contributed by atoms with van der Waals surface area (Å²) in [4.78, 5) is 6.35. The van der Waals surface area contributed by atoms with Crippen LogP contribution in [0, 0.1) is 5.82 Å². The number of anilines is 1. The van der Waals surface area contributed by atoms with Crippen molar-refractivity contribution in [3.05, 3.63) is 30.1 Å². The predicted molar refractivity (Wildman–Crippen MR) is 71.8 cm³/mol. The molecule has 5 heteroatoms. The fourth-order valence-corrected chi connectivity index (χ4v) is 2.23. The molecule has 2 rings (SSSR count). The highest BCUT2D eigenvalue weighted by molar-refractivity contribution is 5.95. The minimum atomic E-state index is -0.267. The van der Waals surface area contributed by atoms with Crippen LogP contribution >= 0.6 is 0 Å². The van der Waals surface area contributed by atoms with Crippen LogP contribution in [0.15, 0.2) is 29.3 Å². The second-order valence-electron chi connectivity index (χ2n) is 4.57. The third-order valence-electron chi connectivity index (χ3n) is 3.27. The summed E-state index contributed by atoms with van der Waals surface area (Å²) in [5, 5.41) is 0. The Bertz CT molecular complexity index is 427. The van der Waals surface area contributed by atoms with Crippen molar-refractivity contribution in [1.29, 1.82) is 0 Å². The molecule has 1 saturated carbocycles. The lowest BCUT2D eigenvalue weighted by atomic mass is 10.2. The van der Waals surface area contributed by atoms with Crippen LogP contribution < -0.4 is 16.2 Å². The molecule has 4 nitrogen and oxygen atoms in total. The number of hydrogen-bond donors (Lipinski definition) is 2. The Hall–Kier alpha value is -1.62. The topological polar surface area (TPSA) is 53.6 Å². The molecule has 0 aliphatic heterocycles. The van der Waals surface area contributed by atoms with E-state index < -0.39 is 0 Å². The summed E-state index contributed by atoms with van der Waals surface area (Å²) in [7, 11) is 1.82. The van der Waals surface area contributed by atoms with Crippen molar-refractivity contribution in [2.45, 2.75) is 31.7 Å². The fourth-order valence-electron chi connectivity index (χ4n) is 2.23. The van der Waals surface area contributed by atoms with Gasteiger partial charge in [-0.3, -0.25) is 5.43 Å². The van der Waals surface area contributed by atoms with E-state index in [1.165, 1.54) is 25.0 Å². The molecule has 0 bridgehead atoms. The molecule has 0 unspecified atom stereocenters. The maximum Gasteiger partial charge on any atom is 0.212 e. The Morgan fingerprint density at radius 1 is 1.44 bits per heavy atom. The van der Waals surface area contributed by atoms with Crippen molar-refractivity contribution in [2.75, 3.05) is 11.9 Å². The first-order valence-corrected chi connectivity index (χ1v) is 6.24. The Morgan fingerprint density at radius 3 is 2.78 bits per heavy atom. The number of nitrogens with zero attached hydrogens (tertiary/aromatic N) is 2. The summed E-state index contributed by atoms with van der Waals surface area (Å²) in [6, 6.07) is 6.70. The van der Waals surface area contributed by atoms with Crippen LogP contribution in [0.4, 0.5) is 10.1 Å². The lowest BCUT2D eigenvalue weighted by Gasteiger charge is -2.22. The largest absolute Gasteiger partial charge is 0.315 e. The minimum absolute atomic E-state index is 0.267. The van der Waals surface area contributed by atoms with Crippen LogP contribution in [-0.4, -0.2) is 19.0 Å². The van der Waals surface area contributed by atoms with E-state index in [0.717, 1.165) is 18.5 Å². The molecule has 98 valence electrons. The number of nitrogens with one attached hydrogen (secondary N) is 1.